The van der Waals surface area contributed by atoms with Crippen molar-refractivity contribution in [3.8, 4) is 0 Å². The molecular weight excluding hydrogens is 508 g/mol. The van der Waals surface area contributed by atoms with Crippen molar-refractivity contribution in [2.24, 2.45) is 4.99 Å². The highest BCUT2D eigenvalue weighted by Gasteiger charge is 2.39. The summed E-state index contributed by atoms with van der Waals surface area (Å²) in [6.07, 6.45) is 0.803. The number of ether oxygens (including phenoxy) is 1. The number of carbonyl (C=O) groups is 1. The first-order valence-corrected chi connectivity index (χ1v) is 13.3. The van der Waals surface area contributed by atoms with Gasteiger partial charge in [0.15, 0.2) is 10.6 Å². The van der Waals surface area contributed by atoms with Crippen molar-refractivity contribution >= 4 is 49.1 Å². The van der Waals surface area contributed by atoms with Gasteiger partial charge in [-0.25, -0.2) is 17.2 Å². The summed E-state index contributed by atoms with van der Waals surface area (Å²) in [5.41, 5.74) is 0.120. The summed E-state index contributed by atoms with van der Waals surface area (Å²) in [6.45, 7) is 2.87. The van der Waals surface area contributed by atoms with Crippen LogP contribution in [0.15, 0.2) is 46.3 Å². The van der Waals surface area contributed by atoms with Crippen LogP contribution >= 0.6 is 22.9 Å². The number of aromatic nitrogens is 1. The van der Waals surface area contributed by atoms with Gasteiger partial charge in [-0.3, -0.25) is 4.79 Å². The Morgan fingerprint density at radius 3 is 2.71 bits per heavy atom. The number of carbonyl (C=O) groups excluding carboxylic acids is 1. The SMILES string of the molecule is CCOCCn1c(=NC(=O)C2CCCN2S(=O)(=O)c2ccc(Cl)cc2)sc2cc(F)cc(F)c21. The van der Waals surface area contributed by atoms with E-state index in [4.69, 9.17) is 16.3 Å². The molecule has 0 bridgehead atoms. The van der Waals surface area contributed by atoms with E-state index in [0.717, 1.165) is 21.7 Å². The van der Waals surface area contributed by atoms with Gasteiger partial charge in [0.2, 0.25) is 10.0 Å². The third kappa shape index (κ3) is 4.94. The van der Waals surface area contributed by atoms with Crippen molar-refractivity contribution < 1.29 is 26.7 Å². The van der Waals surface area contributed by atoms with E-state index >= 15 is 0 Å². The van der Waals surface area contributed by atoms with Gasteiger partial charge < -0.3 is 9.30 Å². The molecule has 4 rings (SSSR count). The summed E-state index contributed by atoms with van der Waals surface area (Å²) in [5, 5.41) is 0.396. The van der Waals surface area contributed by atoms with Gasteiger partial charge in [-0.1, -0.05) is 22.9 Å². The lowest BCUT2D eigenvalue weighted by Crippen LogP contribution is -2.40. The van der Waals surface area contributed by atoms with E-state index in [-0.39, 0.29) is 39.6 Å². The average Bonchev–Trinajstić information content (AvgIpc) is 3.40. The zero-order valence-electron chi connectivity index (χ0n) is 18.2. The predicted molar refractivity (Wildman–Crippen MR) is 125 cm³/mol. The van der Waals surface area contributed by atoms with E-state index in [2.05, 4.69) is 4.99 Å². The Labute approximate surface area is 204 Å². The maximum atomic E-state index is 14.6. The number of halogens is 3. The molecule has 0 radical (unpaired) electrons. The predicted octanol–water partition coefficient (Wildman–Crippen LogP) is 3.95. The normalized spacial score (nSPS) is 17.6. The number of sulfonamides is 1. The molecule has 0 N–H and O–H groups in total. The lowest BCUT2D eigenvalue weighted by atomic mass is 10.2. The van der Waals surface area contributed by atoms with Gasteiger partial charge in [0.1, 0.15) is 11.9 Å². The molecular formula is C22H22ClF2N3O4S2. The van der Waals surface area contributed by atoms with Gasteiger partial charge in [-0.05, 0) is 50.1 Å². The van der Waals surface area contributed by atoms with Crippen LogP contribution in [0.4, 0.5) is 8.78 Å². The smallest absolute Gasteiger partial charge is 0.266 e. The Bertz CT molecular complexity index is 1390. The van der Waals surface area contributed by atoms with Gasteiger partial charge >= 0.3 is 0 Å². The summed E-state index contributed by atoms with van der Waals surface area (Å²) in [6, 6.07) is 6.67. The van der Waals surface area contributed by atoms with Gasteiger partial charge in [0.25, 0.3) is 5.91 Å². The second-order valence-corrected chi connectivity index (χ2v) is 11.0. The van der Waals surface area contributed by atoms with E-state index < -0.39 is 33.6 Å². The molecule has 3 aromatic rings. The minimum Gasteiger partial charge on any atom is -0.380 e. The van der Waals surface area contributed by atoms with Crippen molar-refractivity contribution in [3.05, 3.63) is 57.9 Å². The molecule has 1 aromatic heterocycles. The number of thiazole rings is 1. The number of hydrogen-bond donors (Lipinski definition) is 0. The van der Waals surface area contributed by atoms with E-state index in [9.17, 15) is 22.0 Å². The van der Waals surface area contributed by atoms with Crippen LogP contribution in [0.2, 0.25) is 5.02 Å². The highest BCUT2D eigenvalue weighted by atomic mass is 35.5. The van der Waals surface area contributed by atoms with Crippen LogP contribution in [0.3, 0.4) is 0 Å². The van der Waals surface area contributed by atoms with Crippen molar-refractivity contribution in [2.75, 3.05) is 19.8 Å². The molecule has 12 heteroatoms. The Morgan fingerprint density at radius 2 is 2.00 bits per heavy atom. The first kappa shape index (κ1) is 24.9. The molecule has 1 atom stereocenters. The van der Waals surface area contributed by atoms with Gasteiger partial charge in [0.05, 0.1) is 21.7 Å². The van der Waals surface area contributed by atoms with E-state index in [1.165, 1.54) is 34.9 Å². The number of fused-ring (bicyclic) bond motifs is 1. The first-order valence-electron chi connectivity index (χ1n) is 10.6. The maximum absolute atomic E-state index is 14.6. The molecule has 2 heterocycles. The van der Waals surface area contributed by atoms with E-state index in [1.54, 1.807) is 0 Å². The van der Waals surface area contributed by atoms with Crippen molar-refractivity contribution in [2.45, 2.75) is 37.2 Å². The largest absolute Gasteiger partial charge is 0.380 e. The summed E-state index contributed by atoms with van der Waals surface area (Å²) in [5.74, 6) is -2.17. The number of amides is 1. The molecule has 1 fully saturated rings. The third-order valence-electron chi connectivity index (χ3n) is 5.47. The molecule has 1 unspecified atom stereocenters. The maximum Gasteiger partial charge on any atom is 0.266 e. The number of hydrogen-bond acceptors (Lipinski definition) is 5. The molecule has 182 valence electrons. The first-order chi connectivity index (χ1) is 16.2. The molecule has 1 aliphatic rings. The molecule has 1 saturated heterocycles. The van der Waals surface area contributed by atoms with Crippen LogP contribution in [0, 0.1) is 11.6 Å². The fourth-order valence-corrected chi connectivity index (χ4v) is 6.79. The topological polar surface area (TPSA) is 81.0 Å². The lowest BCUT2D eigenvalue weighted by Gasteiger charge is -2.21. The lowest BCUT2D eigenvalue weighted by molar-refractivity contribution is -0.121. The summed E-state index contributed by atoms with van der Waals surface area (Å²) >= 11 is 6.83. The summed E-state index contributed by atoms with van der Waals surface area (Å²) in [4.78, 5) is 17.5. The van der Waals surface area contributed by atoms with Gasteiger partial charge in [-0.2, -0.15) is 9.30 Å². The standard InChI is InChI=1S/C22H22ClF2N3O4S2/c1-2-32-11-10-27-20-17(25)12-15(24)13-19(20)33-22(27)26-21(29)18-4-3-9-28(18)34(30,31)16-7-5-14(23)6-8-16/h5-8,12-13,18H,2-4,9-11H2,1H3. The van der Waals surface area contributed by atoms with Crippen molar-refractivity contribution in [3.63, 3.8) is 0 Å². The van der Waals surface area contributed by atoms with Gasteiger partial charge in [0, 0.05) is 30.8 Å². The quantitative estimate of drug-likeness (QED) is 0.434. The third-order valence-corrected chi connectivity index (χ3v) is 8.67. The zero-order chi connectivity index (χ0) is 24.5. The molecule has 7 nitrogen and oxygen atoms in total. The second-order valence-electron chi connectivity index (χ2n) is 7.65. The fourth-order valence-electron chi connectivity index (χ4n) is 3.91. The second kappa shape index (κ2) is 10.2. The highest BCUT2D eigenvalue weighted by molar-refractivity contribution is 7.89. The van der Waals surface area contributed by atoms with Crippen LogP contribution in [-0.4, -0.2) is 49.0 Å². The molecule has 34 heavy (non-hydrogen) atoms. The van der Waals surface area contributed by atoms with Crippen molar-refractivity contribution in [1.82, 2.24) is 8.87 Å². The van der Waals surface area contributed by atoms with E-state index in [1.807, 2.05) is 6.92 Å². The van der Waals surface area contributed by atoms with Crippen LogP contribution in [0.5, 0.6) is 0 Å². The van der Waals surface area contributed by atoms with Crippen LogP contribution in [0.1, 0.15) is 19.8 Å². The Balaban J connectivity index is 1.72. The highest BCUT2D eigenvalue weighted by Crippen LogP contribution is 2.28. The van der Waals surface area contributed by atoms with Crippen LogP contribution < -0.4 is 4.80 Å². The monoisotopic (exact) mass is 529 g/mol. The van der Waals surface area contributed by atoms with Crippen molar-refractivity contribution in [1.29, 1.82) is 0 Å². The molecule has 1 amide bonds. The number of nitrogens with zero attached hydrogens (tertiary/aromatic N) is 3. The summed E-state index contributed by atoms with van der Waals surface area (Å²) in [7, 11) is -3.95. The van der Waals surface area contributed by atoms with Gasteiger partial charge in [-0.15, -0.1) is 0 Å². The minimum atomic E-state index is -3.95. The van der Waals surface area contributed by atoms with Crippen LogP contribution in [-0.2, 0) is 26.1 Å². The Hall–Kier alpha value is -2.18. The molecule has 0 saturated carbocycles. The van der Waals surface area contributed by atoms with E-state index in [0.29, 0.717) is 24.5 Å². The fraction of sp³-hybridized carbons (Fsp3) is 0.364. The Kier molecular flexibility index (Phi) is 7.48. The molecule has 2 aromatic carbocycles. The molecule has 1 aliphatic heterocycles. The Morgan fingerprint density at radius 1 is 1.26 bits per heavy atom. The zero-order valence-corrected chi connectivity index (χ0v) is 20.6. The summed E-state index contributed by atoms with van der Waals surface area (Å²) < 4.78 is 62.9. The average molecular weight is 530 g/mol. The molecule has 0 aliphatic carbocycles. The number of rotatable bonds is 7. The van der Waals surface area contributed by atoms with Crippen LogP contribution in [0.25, 0.3) is 10.2 Å². The number of benzene rings is 2. The molecule has 0 spiro atoms. The minimum absolute atomic E-state index is 0.0304.